The van der Waals surface area contributed by atoms with E-state index < -0.39 is 5.91 Å². The van der Waals surface area contributed by atoms with Gasteiger partial charge in [0.2, 0.25) is 11.8 Å². The summed E-state index contributed by atoms with van der Waals surface area (Å²) in [5, 5.41) is 0. The van der Waals surface area contributed by atoms with Crippen molar-refractivity contribution in [2.24, 2.45) is 11.7 Å². The molecule has 0 saturated carbocycles. The van der Waals surface area contributed by atoms with E-state index in [2.05, 4.69) is 4.98 Å². The lowest BCUT2D eigenvalue weighted by Crippen LogP contribution is -2.43. The van der Waals surface area contributed by atoms with E-state index in [4.69, 9.17) is 5.73 Å². The van der Waals surface area contributed by atoms with Gasteiger partial charge in [0.25, 0.3) is 0 Å². The molecule has 3 rings (SSSR count). The molecule has 0 radical (unpaired) electrons. The van der Waals surface area contributed by atoms with Gasteiger partial charge < -0.3 is 15.2 Å². The summed E-state index contributed by atoms with van der Waals surface area (Å²) in [5.41, 5.74) is 6.31. The average Bonchev–Trinajstić information content (AvgIpc) is 3.01. The third-order valence-electron chi connectivity index (χ3n) is 4.16. The predicted molar refractivity (Wildman–Crippen MR) is 85.1 cm³/mol. The van der Waals surface area contributed by atoms with E-state index in [-0.39, 0.29) is 18.4 Å². The van der Waals surface area contributed by atoms with Crippen molar-refractivity contribution < 1.29 is 9.59 Å². The van der Waals surface area contributed by atoms with Crippen LogP contribution in [0.3, 0.4) is 0 Å². The van der Waals surface area contributed by atoms with Crippen molar-refractivity contribution in [2.75, 3.05) is 6.54 Å². The van der Waals surface area contributed by atoms with E-state index in [0.717, 1.165) is 24.2 Å². The fourth-order valence-corrected chi connectivity index (χ4v) is 3.03. The molecular weight excluding hydrogens is 292 g/mol. The van der Waals surface area contributed by atoms with Crippen LogP contribution in [0.25, 0.3) is 0 Å². The highest BCUT2D eigenvalue weighted by Gasteiger charge is 2.29. The number of carbonyl (C=O) groups is 2. The highest BCUT2D eigenvalue weighted by Crippen LogP contribution is 2.21. The summed E-state index contributed by atoms with van der Waals surface area (Å²) in [6, 6.07) is 9.64. The number of carbonyl (C=O) groups excluding carboxylic acids is 2. The lowest BCUT2D eigenvalue weighted by molar-refractivity contribution is -0.140. The molecule has 6 heteroatoms. The molecule has 2 N–H and O–H groups in total. The molecule has 1 aromatic heterocycles. The summed E-state index contributed by atoms with van der Waals surface area (Å²) in [6.45, 7) is 0.954. The maximum absolute atomic E-state index is 12.9. The van der Waals surface area contributed by atoms with Crippen molar-refractivity contribution >= 4 is 11.8 Å². The van der Waals surface area contributed by atoms with E-state index in [9.17, 15) is 9.59 Å². The van der Waals surface area contributed by atoms with Crippen molar-refractivity contribution in [2.45, 2.75) is 25.9 Å². The summed E-state index contributed by atoms with van der Waals surface area (Å²) >= 11 is 0. The zero-order valence-corrected chi connectivity index (χ0v) is 12.9. The van der Waals surface area contributed by atoms with Crippen molar-refractivity contribution in [1.82, 2.24) is 14.5 Å². The van der Waals surface area contributed by atoms with Gasteiger partial charge in [-0.3, -0.25) is 9.59 Å². The molecule has 0 saturated heterocycles. The largest absolute Gasteiger partial charge is 0.368 e. The summed E-state index contributed by atoms with van der Waals surface area (Å²) in [5.74, 6) is 0.360. The first-order chi connectivity index (χ1) is 11.1. The van der Waals surface area contributed by atoms with Gasteiger partial charge >= 0.3 is 0 Å². The maximum atomic E-state index is 12.9. The Morgan fingerprint density at radius 3 is 2.83 bits per heavy atom. The van der Waals surface area contributed by atoms with Crippen LogP contribution in [0.1, 0.15) is 17.8 Å². The van der Waals surface area contributed by atoms with E-state index in [1.165, 1.54) is 0 Å². The molecule has 120 valence electrons. The first kappa shape index (κ1) is 15.3. The maximum Gasteiger partial charge on any atom is 0.237 e. The number of benzene rings is 1. The van der Waals surface area contributed by atoms with Gasteiger partial charge in [0.05, 0.1) is 12.5 Å². The SMILES string of the molecule is NC(=O)CN(Cc1ccccc1)C(=O)C1CCc2nccn2C1. The zero-order chi connectivity index (χ0) is 16.2. The number of rotatable bonds is 5. The average molecular weight is 312 g/mol. The Morgan fingerprint density at radius 2 is 2.09 bits per heavy atom. The minimum Gasteiger partial charge on any atom is -0.368 e. The van der Waals surface area contributed by atoms with Crippen LogP contribution in [0.2, 0.25) is 0 Å². The Hall–Kier alpha value is -2.63. The number of aryl methyl sites for hydroxylation is 1. The van der Waals surface area contributed by atoms with E-state index >= 15 is 0 Å². The van der Waals surface area contributed by atoms with Crippen molar-refractivity contribution in [3.8, 4) is 0 Å². The van der Waals surface area contributed by atoms with E-state index in [1.807, 2.05) is 41.1 Å². The number of amides is 2. The molecule has 1 aromatic carbocycles. The molecular formula is C17H20N4O2. The molecule has 1 aliphatic rings. The number of aromatic nitrogens is 2. The Balaban J connectivity index is 1.74. The predicted octanol–water partition coefficient (Wildman–Crippen LogP) is 0.960. The number of nitrogens with two attached hydrogens (primary N) is 1. The van der Waals surface area contributed by atoms with Crippen LogP contribution in [0.15, 0.2) is 42.7 Å². The first-order valence-electron chi connectivity index (χ1n) is 7.74. The number of imidazole rings is 1. The summed E-state index contributed by atoms with van der Waals surface area (Å²) in [6.07, 6.45) is 5.18. The van der Waals surface area contributed by atoms with Gasteiger partial charge in [0.1, 0.15) is 5.82 Å². The van der Waals surface area contributed by atoms with Crippen molar-refractivity contribution in [1.29, 1.82) is 0 Å². The molecule has 6 nitrogen and oxygen atoms in total. The first-order valence-corrected chi connectivity index (χ1v) is 7.74. The second-order valence-electron chi connectivity index (χ2n) is 5.88. The number of primary amides is 1. The van der Waals surface area contributed by atoms with Gasteiger partial charge in [-0.2, -0.15) is 0 Å². The number of fused-ring (bicyclic) bond motifs is 1. The van der Waals surface area contributed by atoms with Gasteiger partial charge in [0.15, 0.2) is 0 Å². The van der Waals surface area contributed by atoms with Gasteiger partial charge in [-0.05, 0) is 12.0 Å². The van der Waals surface area contributed by atoms with Crippen LogP contribution < -0.4 is 5.73 Å². The molecule has 2 amide bonds. The topological polar surface area (TPSA) is 81.2 Å². The third-order valence-corrected chi connectivity index (χ3v) is 4.16. The second kappa shape index (κ2) is 6.64. The minimum absolute atomic E-state index is 0.0213. The van der Waals surface area contributed by atoms with Crippen molar-refractivity contribution in [3.63, 3.8) is 0 Å². The lowest BCUT2D eigenvalue weighted by Gasteiger charge is -2.29. The molecule has 23 heavy (non-hydrogen) atoms. The fraction of sp³-hybridized carbons (Fsp3) is 0.353. The van der Waals surface area contributed by atoms with Crippen LogP contribution >= 0.6 is 0 Å². The molecule has 1 atom stereocenters. The monoisotopic (exact) mass is 312 g/mol. The highest BCUT2D eigenvalue weighted by molar-refractivity contribution is 5.85. The minimum atomic E-state index is -0.492. The number of hydrogen-bond acceptors (Lipinski definition) is 3. The smallest absolute Gasteiger partial charge is 0.237 e. The van der Waals surface area contributed by atoms with Gasteiger partial charge in [-0.1, -0.05) is 30.3 Å². The molecule has 0 fully saturated rings. The van der Waals surface area contributed by atoms with Gasteiger partial charge in [-0.15, -0.1) is 0 Å². The fourth-order valence-electron chi connectivity index (χ4n) is 3.03. The summed E-state index contributed by atoms with van der Waals surface area (Å²) in [4.78, 5) is 30.0. The Bertz CT molecular complexity index is 696. The molecule has 1 unspecified atom stereocenters. The molecule has 0 spiro atoms. The Kier molecular flexibility index (Phi) is 4.41. The Morgan fingerprint density at radius 1 is 1.30 bits per heavy atom. The van der Waals surface area contributed by atoms with Crippen LogP contribution in [-0.2, 0) is 29.1 Å². The summed E-state index contributed by atoms with van der Waals surface area (Å²) in [7, 11) is 0. The number of hydrogen-bond donors (Lipinski definition) is 1. The van der Waals surface area contributed by atoms with Gasteiger partial charge in [0, 0.05) is 31.9 Å². The molecule has 2 aromatic rings. The molecule has 1 aliphatic heterocycles. The lowest BCUT2D eigenvalue weighted by atomic mass is 9.97. The normalized spacial score (nSPS) is 16.6. The van der Waals surface area contributed by atoms with Crippen molar-refractivity contribution in [3.05, 3.63) is 54.1 Å². The van der Waals surface area contributed by atoms with E-state index in [0.29, 0.717) is 13.1 Å². The second-order valence-corrected chi connectivity index (χ2v) is 5.88. The van der Waals surface area contributed by atoms with Crippen LogP contribution in [-0.4, -0.2) is 32.8 Å². The third kappa shape index (κ3) is 3.59. The molecule has 0 aliphatic carbocycles. The van der Waals surface area contributed by atoms with Crippen LogP contribution in [0.5, 0.6) is 0 Å². The summed E-state index contributed by atoms with van der Waals surface area (Å²) < 4.78 is 2.01. The van der Waals surface area contributed by atoms with Crippen LogP contribution in [0, 0.1) is 5.92 Å². The number of nitrogens with zero attached hydrogens (tertiary/aromatic N) is 3. The standard InChI is InChI=1S/C17H20N4O2/c18-15(22)12-21(10-13-4-2-1-3-5-13)17(23)14-6-7-16-19-8-9-20(16)11-14/h1-5,8-9,14H,6-7,10-12H2,(H2,18,22). The van der Waals surface area contributed by atoms with Crippen LogP contribution in [0.4, 0.5) is 0 Å². The van der Waals surface area contributed by atoms with E-state index in [1.54, 1.807) is 11.1 Å². The van der Waals surface area contributed by atoms with Gasteiger partial charge in [-0.25, -0.2) is 4.98 Å². The highest BCUT2D eigenvalue weighted by atomic mass is 16.2. The molecule has 2 heterocycles. The zero-order valence-electron chi connectivity index (χ0n) is 12.9. The molecule has 0 bridgehead atoms. The Labute approximate surface area is 134 Å². The quantitative estimate of drug-likeness (QED) is 0.893.